The number of imidazole rings is 1. The zero-order valence-electron chi connectivity index (χ0n) is 37.6. The minimum atomic E-state index is -4.39. The highest BCUT2D eigenvalue weighted by molar-refractivity contribution is 9.10. The number of halogens is 4. The molecule has 0 fully saturated rings. The molecule has 0 saturated heterocycles. The number of nitrogens with zero attached hydrogens (tertiary/aromatic N) is 3. The molecule has 0 aliphatic heterocycles. The Morgan fingerprint density at radius 2 is 0.578 bits per heavy atom. The highest BCUT2D eigenvalue weighted by Crippen LogP contribution is 2.34. The zero-order valence-corrected chi connectivity index (χ0v) is 88.2. The van der Waals surface area contributed by atoms with Crippen LogP contribution in [0.15, 0.2) is 22.8 Å². The van der Waals surface area contributed by atoms with E-state index in [2.05, 4.69) is 25.9 Å². The van der Waals surface area contributed by atoms with Crippen molar-refractivity contribution in [3.05, 3.63) is 39.9 Å². The Morgan fingerprint density at radius 1 is 0.361 bits per heavy atom. The summed E-state index contributed by atoms with van der Waals surface area (Å²) in [6.07, 6.45) is -4.39. The maximum atomic E-state index is 13.0. The summed E-state index contributed by atoms with van der Waals surface area (Å²) in [7, 11) is 104. The van der Waals surface area contributed by atoms with E-state index in [0.29, 0.717) is 27.0 Å². The molecule has 0 spiro atoms. The van der Waals surface area contributed by atoms with E-state index in [-0.39, 0.29) is 5.41 Å². The average molecular weight is 2310 g/mol. The lowest BCUT2D eigenvalue weighted by atomic mass is 9.95. The number of rotatable bonds is 0. The Hall–Kier alpha value is 11.6. The van der Waals surface area contributed by atoms with Crippen molar-refractivity contribution < 1.29 is 13.2 Å². The number of hydrogen-bond acceptors (Lipinski definition) is 4. The Balaban J connectivity index is 0.000000835. The summed E-state index contributed by atoms with van der Waals surface area (Å²) in [5.74, 6) is 0.676. The van der Waals surface area contributed by atoms with E-state index in [4.69, 9.17) is 22.4 Å². The van der Waals surface area contributed by atoms with Gasteiger partial charge in [0.15, 0.2) is 0 Å². The van der Waals surface area contributed by atoms with Crippen LogP contribution >= 0.6 is 15.9 Å². The molecule has 0 radical (unpaired) electrons. The van der Waals surface area contributed by atoms with Gasteiger partial charge >= 0.3 is 6.18 Å². The van der Waals surface area contributed by atoms with Crippen LogP contribution in [-0.2, 0) is 549 Å². The maximum Gasteiger partial charge on any atom is 0.416 e. The van der Waals surface area contributed by atoms with E-state index in [1.54, 1.807) is 107 Å². The van der Waals surface area contributed by atoms with Gasteiger partial charge in [-0.15, -0.1) is 0 Å². The van der Waals surface area contributed by atoms with E-state index < -0.39 is 11.7 Å². The van der Waals surface area contributed by atoms with Gasteiger partial charge in [-0.3, -0.25) is 4.40 Å². The molecule has 67 heteroatoms. The third kappa shape index (κ3) is 53.1. The second-order valence-electron chi connectivity index (χ2n) is 10.5. The first-order chi connectivity index (χ1) is 40.4. The lowest BCUT2D eigenvalue weighted by Crippen LogP contribution is -2.19. The van der Waals surface area contributed by atoms with Gasteiger partial charge in [0.1, 0.15) is 16.1 Å². The van der Waals surface area contributed by atoms with Gasteiger partial charge in [0, 0.05) is 548 Å². The van der Waals surface area contributed by atoms with Crippen LogP contribution in [0.1, 0.15) is 37.9 Å². The molecule has 0 amide bonds. The fourth-order valence-electron chi connectivity index (χ4n) is 3.21. The van der Waals surface area contributed by atoms with Crippen LogP contribution in [0, 0.1) is 6.92 Å². The molecule has 0 N–H and O–H groups in total. The summed E-state index contributed by atoms with van der Waals surface area (Å²) in [5.41, 5.74) is 0.738. The summed E-state index contributed by atoms with van der Waals surface area (Å²) in [5, 5.41) is 0.597. The number of fused-ring (bicyclic) bond motifs is 3. The highest BCUT2D eigenvalue weighted by atomic mass is 79.9. The fourth-order valence-corrected chi connectivity index (χ4v) is 157. The molecule has 0 bridgehead atoms. The van der Waals surface area contributed by atoms with E-state index in [1.807, 2.05) is 423 Å². The van der Waals surface area contributed by atoms with Gasteiger partial charge in [0.2, 0.25) is 0 Å². The smallest absolute Gasteiger partial charge is 0.283 e. The first kappa shape index (κ1) is 90.7. The molecule has 0 atom stereocenters. The van der Waals surface area contributed by atoms with Crippen molar-refractivity contribution in [3.8, 4) is 0 Å². The molecule has 0 unspecified atom stereocenters. The van der Waals surface area contributed by atoms with Gasteiger partial charge in [0.25, 0.3) is 0 Å². The normalized spacial score (nSPS) is 9.30. The van der Waals surface area contributed by atoms with Crippen LogP contribution in [0.5, 0.6) is 0 Å². The van der Waals surface area contributed by atoms with E-state index in [0.717, 1.165) is 17.8 Å². The molecule has 3 rings (SSSR count). The van der Waals surface area contributed by atoms with Crippen molar-refractivity contribution in [2.75, 3.05) is 0 Å². The predicted molar refractivity (Wildman–Crippen MR) is 529 cm³/mol. The standard InChI is InChI=1S/C16H15BrF3N3.S60/c1-8-12(17)22-13-10-6-5-9(16(18,19)20)7-11(10)21-14(23(8)13)15(2,3)4;1-3-5-7-9-11-13-15-17-19-21-23-25-27-29-31-33-35-37-39-41-43-45-47-49-51-53-55-57-59-60-58-56-54-52-50-48-46-44-42-40-38-36-34-32-30-28-26-24-22-20-18-16-14-12-10-8-6-4-2/h5-7H,1-4H3;. The Bertz CT molecular complexity index is 5540. The summed E-state index contributed by atoms with van der Waals surface area (Å²) in [6.45, 7) is 7.82. The number of alkyl halides is 3. The van der Waals surface area contributed by atoms with Crippen LogP contribution in [-0.4, -0.2) is 14.4 Å². The fraction of sp³-hybridized carbons (Fsp3) is 0.375. The Morgan fingerprint density at radius 3 is 0.771 bits per heavy atom. The maximum absolute atomic E-state index is 13.0. The van der Waals surface area contributed by atoms with Crippen LogP contribution in [0.4, 0.5) is 13.2 Å². The third-order valence-corrected chi connectivity index (χ3v) is 133. The second-order valence-corrected chi connectivity index (χ2v) is 114. The minimum Gasteiger partial charge on any atom is -0.283 e. The van der Waals surface area contributed by atoms with Gasteiger partial charge in [0.05, 0.1) is 16.8 Å². The van der Waals surface area contributed by atoms with Crippen LogP contribution < -0.4 is 0 Å². The van der Waals surface area contributed by atoms with Gasteiger partial charge in [-0.25, -0.2) is 9.97 Å². The molecule has 3 aromatic rings. The molecule has 0 aliphatic rings. The quantitative estimate of drug-likeness (QED) is 0.313. The Kier molecular flexibility index (Phi) is 71.6. The van der Waals surface area contributed by atoms with E-state index >= 15 is 0 Å². The molecular weight excluding hydrogens is 2300 g/mol. The SMILES string of the molecule is Cc1c(Br)nc2c3ccc(C(F)(F)F)cc3nc(C(C)(C)C)n12.S=S=S=S=S=S=S=S=S=S=S=S=S=S=S=S=S=S=S=S=S=S=S=S=S=S=S=S=S=S=S=S=S=S=S=S=S=S=S=S=S=S=S=S=S=S=S=S=S=S=S=S=S=S=S=S=S=S=S=S. The van der Waals surface area contributed by atoms with Gasteiger partial charge < -0.3 is 0 Å². The average Bonchev–Trinajstić information content (AvgIpc) is 2.18. The summed E-state index contributed by atoms with van der Waals surface area (Å²) < 4.78 is 41.5. The molecular formula is C16H15BrF3N3S60. The zero-order chi connectivity index (χ0) is 60.2. The molecule has 3 nitrogen and oxygen atoms in total. The molecule has 482 valence electrons. The monoisotopic (exact) mass is 2300 g/mol. The van der Waals surface area contributed by atoms with Gasteiger partial charge in [-0.05, 0) is 41.1 Å². The molecule has 0 aliphatic carbocycles. The number of benzene rings is 1. The van der Waals surface area contributed by atoms with Crippen molar-refractivity contribution in [1.29, 1.82) is 0 Å². The molecule has 2 aromatic heterocycles. The molecule has 0 saturated carbocycles. The first-order valence-electron chi connectivity index (χ1n) is 16.9. The van der Waals surface area contributed by atoms with Crippen molar-refractivity contribution in [3.63, 3.8) is 0 Å². The molecule has 1 aromatic carbocycles. The first-order valence-corrected chi connectivity index (χ1v) is 96.4. The van der Waals surface area contributed by atoms with Crippen LogP contribution in [0.25, 0.3) is 16.6 Å². The number of aromatic nitrogens is 3. The third-order valence-electron chi connectivity index (χ3n) is 5.31. The minimum absolute atomic E-state index is 0.301. The van der Waals surface area contributed by atoms with Crippen molar-refractivity contribution >= 4 is 570 Å². The predicted octanol–water partition coefficient (Wildman–Crippen LogP) is 5.13. The van der Waals surface area contributed by atoms with Gasteiger partial charge in [-0.2, -0.15) is 13.2 Å². The Labute approximate surface area is 658 Å². The summed E-state index contributed by atoms with van der Waals surface area (Å²) in [4.78, 5) is 8.99. The lowest BCUT2D eigenvalue weighted by Gasteiger charge is -2.21. The van der Waals surface area contributed by atoms with Crippen molar-refractivity contribution in [2.24, 2.45) is 0 Å². The summed E-state index contributed by atoms with van der Waals surface area (Å²) >= 11 is 13.0. The largest absolute Gasteiger partial charge is 0.416 e. The summed E-state index contributed by atoms with van der Waals surface area (Å²) in [6, 6.07) is 3.59. The topological polar surface area (TPSA) is 30.2 Å². The van der Waals surface area contributed by atoms with Crippen LogP contribution in [0.3, 0.4) is 0 Å². The van der Waals surface area contributed by atoms with Crippen LogP contribution in [0.2, 0.25) is 0 Å². The highest BCUT2D eigenvalue weighted by Gasteiger charge is 2.31. The molecule has 83 heavy (non-hydrogen) atoms. The number of hydrogen-bond donors (Lipinski definition) is 0. The lowest BCUT2D eigenvalue weighted by molar-refractivity contribution is -0.137. The number of aryl methyl sites for hydroxylation is 1. The second kappa shape index (κ2) is 65.6. The van der Waals surface area contributed by atoms with E-state index in [9.17, 15) is 13.2 Å². The van der Waals surface area contributed by atoms with Crippen molar-refractivity contribution in [1.82, 2.24) is 14.4 Å². The van der Waals surface area contributed by atoms with Gasteiger partial charge in [-0.1, -0.05) is 20.8 Å². The molecule has 2 heterocycles. The van der Waals surface area contributed by atoms with Crippen molar-refractivity contribution in [2.45, 2.75) is 39.3 Å². The van der Waals surface area contributed by atoms with E-state index in [1.165, 1.54) is 23.8 Å².